The second kappa shape index (κ2) is 10.4. The third-order valence-corrected chi connectivity index (χ3v) is 9.83. The fourth-order valence-corrected chi connectivity index (χ4v) is 7.82. The fraction of sp³-hybridized carbons (Fsp3) is 0.464. The molecule has 10 heteroatoms. The largest absolute Gasteiger partial charge is 0.469 e. The van der Waals surface area contributed by atoms with Crippen molar-refractivity contribution < 1.29 is 32.5 Å². The molecule has 1 spiro atoms. The summed E-state index contributed by atoms with van der Waals surface area (Å²) in [5.41, 5.74) is 0.360. The lowest BCUT2D eigenvalue weighted by atomic mass is 9.62. The second-order valence-electron chi connectivity index (χ2n) is 9.84. The van der Waals surface area contributed by atoms with Gasteiger partial charge in [0, 0.05) is 37.1 Å². The number of fused-ring (bicyclic) bond motifs is 1. The molecule has 2 fully saturated rings. The zero-order chi connectivity index (χ0) is 27.0. The minimum atomic E-state index is -3.92. The van der Waals surface area contributed by atoms with Gasteiger partial charge in [-0.2, -0.15) is 0 Å². The summed E-state index contributed by atoms with van der Waals surface area (Å²) >= 11 is 0. The summed E-state index contributed by atoms with van der Waals surface area (Å²) in [6.45, 7) is 3.59. The molecule has 5 rings (SSSR count). The van der Waals surface area contributed by atoms with Crippen molar-refractivity contribution in [3.05, 3.63) is 66.4 Å². The van der Waals surface area contributed by atoms with E-state index in [0.717, 1.165) is 10.9 Å². The number of carbonyl (C=O) groups excluding carboxylic acids is 1. The van der Waals surface area contributed by atoms with E-state index in [1.807, 2.05) is 25.1 Å². The summed E-state index contributed by atoms with van der Waals surface area (Å²) in [5.74, 6) is -1.45. The number of aromatic nitrogens is 1. The highest BCUT2D eigenvalue weighted by Crippen LogP contribution is 2.60. The van der Waals surface area contributed by atoms with E-state index in [9.17, 15) is 18.3 Å². The van der Waals surface area contributed by atoms with Crippen LogP contribution in [0.3, 0.4) is 0 Å². The van der Waals surface area contributed by atoms with Crippen LogP contribution < -0.4 is 0 Å². The molecule has 3 heterocycles. The Morgan fingerprint density at radius 2 is 1.79 bits per heavy atom. The Kier molecular flexibility index (Phi) is 7.36. The van der Waals surface area contributed by atoms with Crippen LogP contribution in [0.2, 0.25) is 0 Å². The summed E-state index contributed by atoms with van der Waals surface area (Å²) in [5, 5.41) is 10.8. The van der Waals surface area contributed by atoms with Gasteiger partial charge in [0.1, 0.15) is 0 Å². The molecule has 2 unspecified atom stereocenters. The van der Waals surface area contributed by atoms with Crippen LogP contribution >= 0.6 is 0 Å². The third-order valence-electron chi connectivity index (χ3n) is 8.14. The molecule has 3 aromatic rings. The Balaban J connectivity index is 1.78. The van der Waals surface area contributed by atoms with Gasteiger partial charge in [0.2, 0.25) is 0 Å². The second-order valence-corrected chi connectivity index (χ2v) is 11.7. The minimum absolute atomic E-state index is 0.0114. The normalized spacial score (nSPS) is 23.7. The molecule has 2 aliphatic rings. The first kappa shape index (κ1) is 26.8. The van der Waals surface area contributed by atoms with Gasteiger partial charge in [0.05, 0.1) is 49.2 Å². The van der Waals surface area contributed by atoms with E-state index in [4.69, 9.17) is 14.2 Å². The van der Waals surface area contributed by atoms with Crippen molar-refractivity contribution in [1.29, 1.82) is 0 Å². The number of hydrogen-bond donors (Lipinski definition) is 1. The van der Waals surface area contributed by atoms with Crippen LogP contribution in [0.1, 0.15) is 37.8 Å². The van der Waals surface area contributed by atoms with Crippen LogP contribution in [0.15, 0.2) is 65.7 Å². The summed E-state index contributed by atoms with van der Waals surface area (Å²) in [7, 11) is -2.56. The van der Waals surface area contributed by atoms with Gasteiger partial charge in [-0.15, -0.1) is 0 Å². The monoisotopic (exact) mass is 542 g/mol. The first-order chi connectivity index (χ1) is 18.3. The molecule has 0 saturated carbocycles. The van der Waals surface area contributed by atoms with Crippen LogP contribution in [0.5, 0.6) is 0 Å². The van der Waals surface area contributed by atoms with E-state index in [1.54, 1.807) is 42.6 Å². The lowest BCUT2D eigenvalue weighted by Crippen LogP contribution is -2.62. The maximum Gasteiger partial charge on any atom is 0.306 e. The maximum absolute atomic E-state index is 13.8. The van der Waals surface area contributed by atoms with Gasteiger partial charge in [-0.1, -0.05) is 43.3 Å². The van der Waals surface area contributed by atoms with Crippen molar-refractivity contribution in [3.8, 4) is 0 Å². The van der Waals surface area contributed by atoms with Crippen molar-refractivity contribution in [1.82, 2.24) is 8.87 Å². The number of benzene rings is 2. The number of ether oxygens (including phenoxy) is 3. The fourth-order valence-electron chi connectivity index (χ4n) is 6.42. The predicted octanol–water partition coefficient (Wildman–Crippen LogP) is 3.32. The number of carbonyl (C=O) groups is 1. The highest BCUT2D eigenvalue weighted by atomic mass is 32.2. The lowest BCUT2D eigenvalue weighted by molar-refractivity contribution is -0.287. The molecule has 2 atom stereocenters. The number of nitrogens with zero attached hydrogens (tertiary/aromatic N) is 2. The van der Waals surface area contributed by atoms with E-state index in [0.29, 0.717) is 44.7 Å². The molecule has 0 amide bonds. The Morgan fingerprint density at radius 1 is 1.11 bits per heavy atom. The van der Waals surface area contributed by atoms with Gasteiger partial charge >= 0.3 is 5.97 Å². The molecule has 204 valence electrons. The van der Waals surface area contributed by atoms with Gasteiger partial charge in [-0.25, -0.2) is 12.4 Å². The summed E-state index contributed by atoms with van der Waals surface area (Å²) in [6, 6.07) is 15.2. The minimum Gasteiger partial charge on any atom is -0.469 e. The summed E-state index contributed by atoms with van der Waals surface area (Å²) in [4.78, 5) is 15.2. The van der Waals surface area contributed by atoms with Crippen LogP contribution in [0.4, 0.5) is 0 Å². The van der Waals surface area contributed by atoms with E-state index in [1.165, 1.54) is 11.1 Å². The average molecular weight is 543 g/mol. The summed E-state index contributed by atoms with van der Waals surface area (Å²) in [6.07, 6.45) is 2.68. The molecular formula is C28H34N2O7S. The number of hydrogen-bond acceptors (Lipinski definition) is 8. The van der Waals surface area contributed by atoms with Crippen molar-refractivity contribution in [2.24, 2.45) is 5.41 Å². The zero-order valence-corrected chi connectivity index (χ0v) is 22.5. The Morgan fingerprint density at radius 3 is 2.45 bits per heavy atom. The SMILES string of the molecule is CCC1(CC(=O)OC)C(c2cn(S(=O)(=O)c3ccccc3)c3ccccc23)N(CCO)CCC12OCCO2. The molecular weight excluding hydrogens is 508 g/mol. The highest BCUT2D eigenvalue weighted by molar-refractivity contribution is 7.90. The van der Waals surface area contributed by atoms with Gasteiger partial charge in [-0.3, -0.25) is 9.69 Å². The number of piperidine rings is 1. The number of aliphatic hydroxyl groups excluding tert-OH is 1. The van der Waals surface area contributed by atoms with E-state index < -0.39 is 33.2 Å². The van der Waals surface area contributed by atoms with Gasteiger partial charge in [0.15, 0.2) is 5.79 Å². The average Bonchev–Trinajstić information content (AvgIpc) is 3.57. The number of rotatable bonds is 8. The Hall–Kier alpha value is -2.76. The molecule has 1 N–H and O–H groups in total. The topological polar surface area (TPSA) is 107 Å². The quantitative estimate of drug-likeness (QED) is 0.432. The molecule has 9 nitrogen and oxygen atoms in total. The predicted molar refractivity (Wildman–Crippen MR) is 141 cm³/mol. The first-order valence-electron chi connectivity index (χ1n) is 12.9. The molecule has 0 bridgehead atoms. The number of methoxy groups -OCH3 is 1. The van der Waals surface area contributed by atoms with Crippen molar-refractivity contribution in [2.45, 2.75) is 42.9 Å². The standard InChI is InChI=1S/C28H34N2O7S/c1-3-27(19-25(32)35-2)26(29(15-16-31)14-13-28(27)36-17-18-37-28)23-20-30(24-12-8-7-11-22(23)24)38(33,34)21-9-5-4-6-10-21/h4-12,20,26,31H,3,13-19H2,1-2H3. The lowest BCUT2D eigenvalue weighted by Gasteiger charge is -2.57. The third kappa shape index (κ3) is 4.15. The highest BCUT2D eigenvalue weighted by Gasteiger charge is 2.64. The van der Waals surface area contributed by atoms with Gasteiger partial charge in [-0.05, 0) is 30.2 Å². The molecule has 2 saturated heterocycles. The van der Waals surface area contributed by atoms with Crippen molar-refractivity contribution >= 4 is 26.9 Å². The Labute approximate surface area is 223 Å². The molecule has 0 radical (unpaired) electrons. The zero-order valence-electron chi connectivity index (χ0n) is 21.7. The summed E-state index contributed by atoms with van der Waals surface area (Å²) < 4.78 is 46.8. The van der Waals surface area contributed by atoms with Crippen LogP contribution in [0.25, 0.3) is 10.9 Å². The number of likely N-dealkylation sites (tertiary alicyclic amines) is 1. The molecule has 38 heavy (non-hydrogen) atoms. The van der Waals surface area contributed by atoms with E-state index >= 15 is 0 Å². The van der Waals surface area contributed by atoms with Crippen LogP contribution in [-0.4, -0.2) is 74.2 Å². The van der Waals surface area contributed by atoms with E-state index in [-0.39, 0.29) is 17.9 Å². The number of esters is 1. The first-order valence-corrected chi connectivity index (χ1v) is 14.4. The molecule has 2 aliphatic heterocycles. The molecule has 0 aliphatic carbocycles. The number of para-hydroxylation sites is 1. The smallest absolute Gasteiger partial charge is 0.306 e. The van der Waals surface area contributed by atoms with Crippen molar-refractivity contribution in [3.63, 3.8) is 0 Å². The van der Waals surface area contributed by atoms with Crippen molar-refractivity contribution in [2.75, 3.05) is 40.0 Å². The van der Waals surface area contributed by atoms with Gasteiger partial charge < -0.3 is 19.3 Å². The van der Waals surface area contributed by atoms with Crippen LogP contribution in [0, 0.1) is 5.41 Å². The number of β-amino-alcohol motifs (C(OH)–C–C–N with tert-alkyl or cyclic N) is 1. The molecule has 1 aromatic heterocycles. The Bertz CT molecular complexity index is 1400. The van der Waals surface area contributed by atoms with Crippen LogP contribution in [-0.2, 0) is 29.0 Å². The number of aliphatic hydroxyl groups is 1. The maximum atomic E-state index is 13.8. The molecule has 2 aromatic carbocycles. The van der Waals surface area contributed by atoms with E-state index in [2.05, 4.69) is 4.90 Å². The van der Waals surface area contributed by atoms with Gasteiger partial charge in [0.25, 0.3) is 10.0 Å².